The molecule has 0 saturated heterocycles. The zero-order valence-corrected chi connectivity index (χ0v) is 17.6. The van der Waals surface area contributed by atoms with Gasteiger partial charge in [-0.05, 0) is 31.2 Å². The van der Waals surface area contributed by atoms with Gasteiger partial charge in [0.05, 0.1) is 0 Å². The second-order valence-corrected chi connectivity index (χ2v) is 7.88. The molecule has 1 aromatic rings. The zero-order chi connectivity index (χ0) is 20.3. The molecule has 1 aromatic carbocycles. The highest BCUT2D eigenvalue weighted by Crippen LogP contribution is 2.13. The lowest BCUT2D eigenvalue weighted by atomic mass is 10.0. The number of carbonyl (C=O) groups is 1. The Kier molecular flexibility index (Phi) is 15.6. The van der Waals surface area contributed by atoms with Crippen LogP contribution >= 0.6 is 0 Å². The number of carboxylic acids is 1. The van der Waals surface area contributed by atoms with E-state index in [1.54, 1.807) is 0 Å². The van der Waals surface area contributed by atoms with E-state index >= 15 is 0 Å². The van der Waals surface area contributed by atoms with E-state index in [1.807, 2.05) is 6.07 Å². The van der Waals surface area contributed by atoms with Gasteiger partial charge in [0, 0.05) is 13.0 Å². The number of hydrogen-bond acceptors (Lipinski definition) is 3. The van der Waals surface area contributed by atoms with E-state index < -0.39 is 5.97 Å². The van der Waals surface area contributed by atoms with Gasteiger partial charge in [0.1, 0.15) is 6.23 Å². The highest BCUT2D eigenvalue weighted by Gasteiger charge is 2.03. The predicted molar refractivity (Wildman–Crippen MR) is 116 cm³/mol. The van der Waals surface area contributed by atoms with Crippen LogP contribution in [0.4, 0.5) is 0 Å². The van der Waals surface area contributed by atoms with Crippen LogP contribution in [-0.4, -0.2) is 29.0 Å². The van der Waals surface area contributed by atoms with E-state index in [4.69, 9.17) is 5.11 Å². The standard InChI is InChI=1S/C24H41NO3/c26-23(25-21-20-22-16-12-11-13-17-22)18-14-9-7-5-3-1-2-4-6-8-10-15-19-24(27)28/h11-13,16-17,23,25-26H,1-10,14-15,18-21H2,(H,27,28). The summed E-state index contributed by atoms with van der Waals surface area (Å²) in [5.41, 5.74) is 1.31. The van der Waals surface area contributed by atoms with Crippen molar-refractivity contribution in [2.45, 2.75) is 103 Å². The van der Waals surface area contributed by atoms with E-state index in [1.165, 1.54) is 63.4 Å². The average Bonchev–Trinajstić information content (AvgIpc) is 2.69. The van der Waals surface area contributed by atoms with E-state index in [0.29, 0.717) is 6.42 Å². The molecule has 0 aliphatic rings. The third-order valence-corrected chi connectivity index (χ3v) is 5.25. The molecule has 0 amide bonds. The van der Waals surface area contributed by atoms with Crippen molar-refractivity contribution >= 4 is 5.97 Å². The fourth-order valence-electron chi connectivity index (χ4n) is 3.51. The molecule has 28 heavy (non-hydrogen) atoms. The predicted octanol–water partition coefficient (Wildman–Crippen LogP) is 5.68. The number of unbranched alkanes of at least 4 members (excludes halogenated alkanes) is 11. The third kappa shape index (κ3) is 15.6. The van der Waals surface area contributed by atoms with Gasteiger partial charge in [-0.3, -0.25) is 10.1 Å². The Morgan fingerprint density at radius 1 is 0.786 bits per heavy atom. The normalized spacial score (nSPS) is 12.2. The molecular weight excluding hydrogens is 350 g/mol. The Balaban J connectivity index is 1.77. The number of aliphatic hydroxyl groups excluding tert-OH is 1. The molecule has 0 radical (unpaired) electrons. The third-order valence-electron chi connectivity index (χ3n) is 5.25. The van der Waals surface area contributed by atoms with Crippen molar-refractivity contribution in [3.63, 3.8) is 0 Å². The molecule has 0 spiro atoms. The number of nitrogens with one attached hydrogen (secondary N) is 1. The van der Waals surface area contributed by atoms with Gasteiger partial charge >= 0.3 is 5.97 Å². The van der Waals surface area contributed by atoms with Crippen molar-refractivity contribution in [1.82, 2.24) is 5.32 Å². The van der Waals surface area contributed by atoms with E-state index in [-0.39, 0.29) is 6.23 Å². The van der Waals surface area contributed by atoms with Crippen molar-refractivity contribution in [1.29, 1.82) is 0 Å². The number of aliphatic hydroxyl groups is 1. The van der Waals surface area contributed by atoms with Crippen molar-refractivity contribution < 1.29 is 15.0 Å². The molecule has 1 unspecified atom stereocenters. The number of hydrogen-bond donors (Lipinski definition) is 3. The summed E-state index contributed by atoms with van der Waals surface area (Å²) in [4.78, 5) is 10.4. The van der Waals surface area contributed by atoms with E-state index in [2.05, 4.69) is 29.6 Å². The monoisotopic (exact) mass is 391 g/mol. The van der Waals surface area contributed by atoms with Crippen LogP contribution in [0.15, 0.2) is 30.3 Å². The SMILES string of the molecule is O=C(O)CCCCCCCCCCCCCCC(O)NCCc1ccccc1. The summed E-state index contributed by atoms with van der Waals surface area (Å²) in [7, 11) is 0. The molecule has 0 aliphatic heterocycles. The number of aliphatic carboxylic acids is 1. The minimum absolute atomic E-state index is 0.320. The molecule has 0 saturated carbocycles. The number of rotatable bonds is 19. The van der Waals surface area contributed by atoms with Crippen LogP contribution in [0.3, 0.4) is 0 Å². The van der Waals surface area contributed by atoms with Gasteiger partial charge in [-0.2, -0.15) is 0 Å². The van der Waals surface area contributed by atoms with Gasteiger partial charge in [-0.25, -0.2) is 0 Å². The molecule has 3 N–H and O–H groups in total. The maximum Gasteiger partial charge on any atom is 0.303 e. The number of benzene rings is 1. The van der Waals surface area contributed by atoms with Crippen LogP contribution in [0.25, 0.3) is 0 Å². The fraction of sp³-hybridized carbons (Fsp3) is 0.708. The molecule has 160 valence electrons. The van der Waals surface area contributed by atoms with Gasteiger partial charge in [0.2, 0.25) is 0 Å². The lowest BCUT2D eigenvalue weighted by Gasteiger charge is -2.12. The molecule has 0 aliphatic carbocycles. The molecular formula is C24H41NO3. The Morgan fingerprint density at radius 2 is 1.29 bits per heavy atom. The Hall–Kier alpha value is -1.39. The molecule has 1 atom stereocenters. The van der Waals surface area contributed by atoms with E-state index in [9.17, 15) is 9.90 Å². The van der Waals surface area contributed by atoms with Gasteiger partial charge in [-0.15, -0.1) is 0 Å². The first-order valence-corrected chi connectivity index (χ1v) is 11.4. The summed E-state index contributed by atoms with van der Waals surface area (Å²) in [5.74, 6) is -0.672. The van der Waals surface area contributed by atoms with Gasteiger partial charge in [0.15, 0.2) is 0 Å². The van der Waals surface area contributed by atoms with Crippen LogP contribution in [0.5, 0.6) is 0 Å². The first kappa shape index (κ1) is 24.6. The van der Waals surface area contributed by atoms with Gasteiger partial charge < -0.3 is 10.2 Å². The van der Waals surface area contributed by atoms with Crippen LogP contribution in [0, 0.1) is 0 Å². The first-order valence-electron chi connectivity index (χ1n) is 11.4. The largest absolute Gasteiger partial charge is 0.481 e. The van der Waals surface area contributed by atoms with Crippen molar-refractivity contribution in [3.8, 4) is 0 Å². The Morgan fingerprint density at radius 3 is 1.82 bits per heavy atom. The minimum atomic E-state index is -0.672. The average molecular weight is 392 g/mol. The minimum Gasteiger partial charge on any atom is -0.481 e. The first-order chi connectivity index (χ1) is 13.7. The van der Waals surface area contributed by atoms with Crippen molar-refractivity contribution in [3.05, 3.63) is 35.9 Å². The summed E-state index contributed by atoms with van der Waals surface area (Å²) in [6, 6.07) is 10.4. The zero-order valence-electron chi connectivity index (χ0n) is 17.6. The smallest absolute Gasteiger partial charge is 0.303 e. The summed E-state index contributed by atoms with van der Waals surface area (Å²) in [6.07, 6.45) is 16.2. The van der Waals surface area contributed by atoms with Gasteiger partial charge in [0.25, 0.3) is 0 Å². The molecule has 0 aromatic heterocycles. The topological polar surface area (TPSA) is 69.6 Å². The maximum absolute atomic E-state index is 10.4. The summed E-state index contributed by atoms with van der Waals surface area (Å²) in [6.45, 7) is 0.824. The Labute approximate surface area is 171 Å². The summed E-state index contributed by atoms with van der Waals surface area (Å²) >= 11 is 0. The molecule has 0 fully saturated rings. The Bertz CT molecular complexity index is 478. The van der Waals surface area contributed by atoms with Crippen molar-refractivity contribution in [2.24, 2.45) is 0 Å². The summed E-state index contributed by atoms with van der Waals surface area (Å²) in [5, 5.41) is 21.8. The molecule has 4 heteroatoms. The maximum atomic E-state index is 10.4. The van der Waals surface area contributed by atoms with Crippen LogP contribution in [-0.2, 0) is 11.2 Å². The van der Waals surface area contributed by atoms with Crippen LogP contribution in [0.2, 0.25) is 0 Å². The van der Waals surface area contributed by atoms with Crippen LogP contribution < -0.4 is 5.32 Å². The van der Waals surface area contributed by atoms with E-state index in [0.717, 1.165) is 38.6 Å². The molecule has 0 heterocycles. The molecule has 4 nitrogen and oxygen atoms in total. The molecule has 1 rings (SSSR count). The fourth-order valence-corrected chi connectivity index (χ4v) is 3.51. The number of carboxylic acid groups (broad SMARTS) is 1. The quantitative estimate of drug-likeness (QED) is 0.209. The lowest BCUT2D eigenvalue weighted by molar-refractivity contribution is -0.137. The summed E-state index contributed by atoms with van der Waals surface area (Å²) < 4.78 is 0. The molecule has 0 bridgehead atoms. The lowest BCUT2D eigenvalue weighted by Crippen LogP contribution is -2.30. The van der Waals surface area contributed by atoms with Gasteiger partial charge in [-0.1, -0.05) is 94.5 Å². The highest BCUT2D eigenvalue weighted by molar-refractivity contribution is 5.66. The van der Waals surface area contributed by atoms with Crippen molar-refractivity contribution in [2.75, 3.05) is 6.54 Å². The second kappa shape index (κ2) is 17.7. The second-order valence-electron chi connectivity index (χ2n) is 7.88. The highest BCUT2D eigenvalue weighted by atomic mass is 16.4. The van der Waals surface area contributed by atoms with Crippen LogP contribution in [0.1, 0.15) is 95.5 Å².